The zero-order valence-electron chi connectivity index (χ0n) is 14.3. The van der Waals surface area contributed by atoms with Gasteiger partial charge in [0.15, 0.2) is 0 Å². The van der Waals surface area contributed by atoms with Crippen LogP contribution in [-0.2, 0) is 16.0 Å². The van der Waals surface area contributed by atoms with Crippen LogP contribution in [-0.4, -0.2) is 30.0 Å². The molecule has 0 bridgehead atoms. The van der Waals surface area contributed by atoms with Gasteiger partial charge in [-0.1, -0.05) is 30.3 Å². The van der Waals surface area contributed by atoms with Gasteiger partial charge in [0.2, 0.25) is 0 Å². The summed E-state index contributed by atoms with van der Waals surface area (Å²) in [6, 6.07) is 15.7. The van der Waals surface area contributed by atoms with E-state index in [0.29, 0.717) is 17.7 Å². The Morgan fingerprint density at radius 2 is 1.85 bits per heavy atom. The van der Waals surface area contributed by atoms with Crippen molar-refractivity contribution < 1.29 is 14.3 Å². The van der Waals surface area contributed by atoms with E-state index < -0.39 is 12.0 Å². The summed E-state index contributed by atoms with van der Waals surface area (Å²) < 4.78 is 4.62. The zero-order valence-corrected chi connectivity index (χ0v) is 14.3. The molecule has 0 radical (unpaired) electrons. The van der Waals surface area contributed by atoms with E-state index in [1.807, 2.05) is 36.4 Å². The molecule has 3 aromatic rings. The molecule has 6 heteroatoms. The minimum Gasteiger partial charge on any atom is -0.468 e. The van der Waals surface area contributed by atoms with E-state index in [1.54, 1.807) is 24.4 Å². The van der Waals surface area contributed by atoms with Gasteiger partial charge in [-0.2, -0.15) is 0 Å². The topological polar surface area (TPSA) is 94.3 Å². The molecule has 1 amide bonds. The number of hydrogen-bond acceptors (Lipinski definition) is 5. The Bertz CT molecular complexity index is 933. The van der Waals surface area contributed by atoms with Gasteiger partial charge in [0.1, 0.15) is 6.04 Å². The highest BCUT2D eigenvalue weighted by molar-refractivity contribution is 6.12. The Morgan fingerprint density at radius 3 is 2.58 bits per heavy atom. The van der Waals surface area contributed by atoms with Crippen molar-refractivity contribution in [1.82, 2.24) is 4.98 Å². The highest BCUT2D eigenvalue weighted by atomic mass is 16.5. The molecule has 3 N–H and O–H groups in total. The maximum Gasteiger partial charge on any atom is 0.322 e. The number of hydrogen-bond donors (Lipinski definition) is 2. The fraction of sp³-hybridized carbons (Fsp3) is 0.150. The molecule has 6 nitrogen and oxygen atoms in total. The van der Waals surface area contributed by atoms with E-state index in [9.17, 15) is 9.59 Å². The number of nitrogens with two attached hydrogens (primary N) is 1. The first-order chi connectivity index (χ1) is 12.6. The smallest absolute Gasteiger partial charge is 0.322 e. The summed E-state index contributed by atoms with van der Waals surface area (Å²) in [5.41, 5.74) is 8.63. The second kappa shape index (κ2) is 7.76. The van der Waals surface area contributed by atoms with Crippen molar-refractivity contribution in [2.75, 3.05) is 12.4 Å². The van der Waals surface area contributed by atoms with Gasteiger partial charge >= 0.3 is 5.97 Å². The van der Waals surface area contributed by atoms with Crippen molar-refractivity contribution in [1.29, 1.82) is 0 Å². The monoisotopic (exact) mass is 349 g/mol. The van der Waals surface area contributed by atoms with Gasteiger partial charge in [0.05, 0.1) is 18.2 Å². The SMILES string of the molecule is COC(=O)C(N)Cc1ccc(NC(=O)c2ccnc3ccccc23)cc1. The molecule has 1 atom stereocenters. The zero-order chi connectivity index (χ0) is 18.5. The number of pyridine rings is 1. The molecule has 2 aromatic carbocycles. The summed E-state index contributed by atoms with van der Waals surface area (Å²) in [7, 11) is 1.31. The average molecular weight is 349 g/mol. The number of aromatic nitrogens is 1. The van der Waals surface area contributed by atoms with E-state index in [2.05, 4.69) is 15.0 Å². The van der Waals surface area contributed by atoms with E-state index in [0.717, 1.165) is 16.5 Å². The Kier molecular flexibility index (Phi) is 5.24. The first-order valence-electron chi connectivity index (χ1n) is 8.16. The third kappa shape index (κ3) is 3.87. The van der Waals surface area contributed by atoms with Crippen molar-refractivity contribution in [2.45, 2.75) is 12.5 Å². The summed E-state index contributed by atoms with van der Waals surface area (Å²) in [5, 5.41) is 3.67. The van der Waals surface area contributed by atoms with Gasteiger partial charge in [0.25, 0.3) is 5.91 Å². The predicted molar refractivity (Wildman–Crippen MR) is 99.8 cm³/mol. The van der Waals surface area contributed by atoms with Crippen LogP contribution >= 0.6 is 0 Å². The van der Waals surface area contributed by atoms with Gasteiger partial charge in [-0.3, -0.25) is 14.6 Å². The van der Waals surface area contributed by atoms with Crippen LogP contribution in [0.4, 0.5) is 5.69 Å². The van der Waals surface area contributed by atoms with Gasteiger partial charge in [-0.25, -0.2) is 0 Å². The molecule has 0 saturated carbocycles. The van der Waals surface area contributed by atoms with Crippen LogP contribution in [0.1, 0.15) is 15.9 Å². The molecule has 0 aliphatic rings. The molecule has 1 unspecified atom stereocenters. The summed E-state index contributed by atoms with van der Waals surface area (Å²) >= 11 is 0. The first kappa shape index (κ1) is 17.6. The van der Waals surface area contributed by atoms with Crippen LogP contribution in [0.15, 0.2) is 60.8 Å². The number of fused-ring (bicyclic) bond motifs is 1. The van der Waals surface area contributed by atoms with Gasteiger partial charge < -0.3 is 15.8 Å². The third-order valence-corrected chi connectivity index (χ3v) is 4.07. The summed E-state index contributed by atoms with van der Waals surface area (Å²) in [4.78, 5) is 28.2. The molecule has 1 heterocycles. The highest BCUT2D eigenvalue weighted by Crippen LogP contribution is 2.18. The molecule has 3 rings (SSSR count). The Labute approximate surface area is 151 Å². The number of nitrogens with one attached hydrogen (secondary N) is 1. The minimum atomic E-state index is -0.705. The molecule has 132 valence electrons. The molecule has 0 fully saturated rings. The maximum atomic E-state index is 12.6. The van der Waals surface area contributed by atoms with Crippen LogP contribution < -0.4 is 11.1 Å². The van der Waals surface area contributed by atoms with E-state index in [-0.39, 0.29) is 5.91 Å². The fourth-order valence-electron chi connectivity index (χ4n) is 2.71. The number of esters is 1. The number of ether oxygens (including phenoxy) is 1. The van der Waals surface area contributed by atoms with Crippen LogP contribution in [0.2, 0.25) is 0 Å². The number of anilines is 1. The van der Waals surface area contributed by atoms with Crippen LogP contribution in [0.25, 0.3) is 10.9 Å². The normalized spacial score (nSPS) is 11.8. The van der Waals surface area contributed by atoms with Crippen LogP contribution in [0.3, 0.4) is 0 Å². The first-order valence-corrected chi connectivity index (χ1v) is 8.16. The maximum absolute atomic E-state index is 12.6. The number of methoxy groups -OCH3 is 1. The summed E-state index contributed by atoms with van der Waals surface area (Å²) in [6.07, 6.45) is 1.99. The van der Waals surface area contributed by atoms with E-state index in [4.69, 9.17) is 5.73 Å². The summed E-state index contributed by atoms with van der Waals surface area (Å²) in [5.74, 6) is -0.658. The highest BCUT2D eigenvalue weighted by Gasteiger charge is 2.14. The molecule has 0 spiro atoms. The number of amides is 1. The molecular formula is C20H19N3O3. The minimum absolute atomic E-state index is 0.206. The lowest BCUT2D eigenvalue weighted by Gasteiger charge is -2.11. The number of carbonyl (C=O) groups excluding carboxylic acids is 2. The second-order valence-electron chi connectivity index (χ2n) is 5.86. The largest absolute Gasteiger partial charge is 0.468 e. The Hall–Kier alpha value is -3.25. The summed E-state index contributed by atoms with van der Waals surface area (Å²) in [6.45, 7) is 0. The van der Waals surface area contributed by atoms with Crippen molar-refractivity contribution in [3.63, 3.8) is 0 Å². The standard InChI is InChI=1S/C20H19N3O3/c1-26-20(25)17(21)12-13-6-8-14(9-7-13)23-19(24)16-10-11-22-18-5-3-2-4-15(16)18/h2-11,17H,12,21H2,1H3,(H,23,24). The van der Waals surface area contributed by atoms with Gasteiger partial charge in [0, 0.05) is 17.3 Å². The number of benzene rings is 2. The lowest BCUT2D eigenvalue weighted by molar-refractivity contribution is -0.142. The lowest BCUT2D eigenvalue weighted by Crippen LogP contribution is -2.33. The number of rotatable bonds is 5. The van der Waals surface area contributed by atoms with E-state index in [1.165, 1.54) is 7.11 Å². The fourth-order valence-corrected chi connectivity index (χ4v) is 2.71. The van der Waals surface area contributed by atoms with Crippen LogP contribution in [0.5, 0.6) is 0 Å². The number of carbonyl (C=O) groups is 2. The van der Waals surface area contributed by atoms with Gasteiger partial charge in [-0.15, -0.1) is 0 Å². The molecule has 1 aromatic heterocycles. The van der Waals surface area contributed by atoms with Crippen molar-refractivity contribution >= 4 is 28.5 Å². The van der Waals surface area contributed by atoms with Crippen molar-refractivity contribution in [3.8, 4) is 0 Å². The lowest BCUT2D eigenvalue weighted by atomic mass is 10.1. The quantitative estimate of drug-likeness (QED) is 0.690. The van der Waals surface area contributed by atoms with Crippen molar-refractivity contribution in [3.05, 3.63) is 71.9 Å². The van der Waals surface area contributed by atoms with Crippen molar-refractivity contribution in [2.24, 2.45) is 5.73 Å². The van der Waals surface area contributed by atoms with Crippen LogP contribution in [0, 0.1) is 0 Å². The number of nitrogens with zero attached hydrogens (tertiary/aromatic N) is 1. The molecule has 0 aliphatic heterocycles. The molecule has 26 heavy (non-hydrogen) atoms. The van der Waals surface area contributed by atoms with Gasteiger partial charge in [-0.05, 0) is 36.2 Å². The average Bonchev–Trinajstić information content (AvgIpc) is 2.68. The molecular weight excluding hydrogens is 330 g/mol. The Morgan fingerprint density at radius 1 is 1.12 bits per heavy atom. The molecule has 0 saturated heterocycles. The third-order valence-electron chi connectivity index (χ3n) is 4.07. The molecule has 0 aliphatic carbocycles. The predicted octanol–water partition coefficient (Wildman–Crippen LogP) is 2.53. The number of para-hydroxylation sites is 1. The Balaban J connectivity index is 1.72. The van der Waals surface area contributed by atoms with E-state index >= 15 is 0 Å². The second-order valence-corrected chi connectivity index (χ2v) is 5.86.